The van der Waals surface area contributed by atoms with Gasteiger partial charge in [-0.2, -0.15) is 0 Å². The zero-order valence-corrected chi connectivity index (χ0v) is 20.7. The number of fused-ring (bicyclic) bond motifs is 1. The van der Waals surface area contributed by atoms with Crippen LogP contribution in [-0.4, -0.2) is 53.6 Å². The second-order valence-corrected chi connectivity index (χ2v) is 8.62. The minimum atomic E-state index is -0.0543. The number of hydrogen-bond donors (Lipinski definition) is 4. The van der Waals surface area contributed by atoms with Crippen LogP contribution in [0.5, 0.6) is 0 Å². The van der Waals surface area contributed by atoms with Crippen molar-refractivity contribution in [3.05, 3.63) is 78.0 Å². The van der Waals surface area contributed by atoms with Gasteiger partial charge in [0.05, 0.1) is 18.6 Å². The minimum Gasteiger partial charge on any atom is -0.374 e. The van der Waals surface area contributed by atoms with E-state index in [4.69, 9.17) is 14.7 Å². The molecule has 0 atom stereocenters. The molecule has 0 aliphatic rings. The smallest absolute Gasteiger partial charge is 0.216 e. The van der Waals surface area contributed by atoms with E-state index in [1.54, 1.807) is 0 Å². The first-order valence-electron chi connectivity index (χ1n) is 12.4. The van der Waals surface area contributed by atoms with E-state index in [-0.39, 0.29) is 5.91 Å². The van der Waals surface area contributed by atoms with Crippen LogP contribution in [0.1, 0.15) is 24.6 Å². The summed E-state index contributed by atoms with van der Waals surface area (Å²) >= 11 is 0. The van der Waals surface area contributed by atoms with Crippen molar-refractivity contribution >= 4 is 22.8 Å². The molecule has 0 saturated heterocycles. The number of ether oxygens (including phenoxy) is 1. The standard InChI is InChI=1S/C28H34N6O2/c1-21(35)30-15-16-31-27-25-19-24(32-28(25)34-26(33-27)23-12-6-3-7-13-23)20-36-18-17-29-14-8-11-22-9-4-2-5-10-22/h2-7,9-10,12-13,19,29H,8,11,14-18,20H2,1H3,(H,30,35)(H2,31,32,33,34). The summed E-state index contributed by atoms with van der Waals surface area (Å²) in [6.45, 7) is 5.46. The Balaban J connectivity index is 1.30. The van der Waals surface area contributed by atoms with E-state index in [2.05, 4.69) is 45.2 Å². The Kier molecular flexibility index (Phi) is 9.41. The van der Waals surface area contributed by atoms with Gasteiger partial charge >= 0.3 is 0 Å². The molecular formula is C28H34N6O2. The molecule has 4 aromatic rings. The van der Waals surface area contributed by atoms with E-state index in [0.29, 0.717) is 32.1 Å². The van der Waals surface area contributed by atoms with Gasteiger partial charge < -0.3 is 25.7 Å². The third kappa shape index (κ3) is 7.63. The van der Waals surface area contributed by atoms with Crippen LogP contribution in [0.15, 0.2) is 66.7 Å². The molecule has 2 aromatic carbocycles. The number of aromatic amines is 1. The van der Waals surface area contributed by atoms with Gasteiger partial charge in [-0.3, -0.25) is 4.79 Å². The van der Waals surface area contributed by atoms with Crippen LogP contribution in [0.4, 0.5) is 5.82 Å². The largest absolute Gasteiger partial charge is 0.374 e. The molecule has 1 amide bonds. The lowest BCUT2D eigenvalue weighted by Crippen LogP contribution is -2.26. The van der Waals surface area contributed by atoms with E-state index >= 15 is 0 Å². The average molecular weight is 487 g/mol. The Hall–Kier alpha value is -3.75. The van der Waals surface area contributed by atoms with Crippen LogP contribution in [0.2, 0.25) is 0 Å². The highest BCUT2D eigenvalue weighted by Gasteiger charge is 2.12. The SMILES string of the molecule is CC(=O)NCCNc1nc(-c2ccccc2)nc2[nH]c(COCCNCCCc3ccccc3)cc12. The fourth-order valence-electron chi connectivity index (χ4n) is 3.93. The van der Waals surface area contributed by atoms with Crippen LogP contribution in [-0.2, 0) is 22.6 Å². The number of rotatable bonds is 14. The van der Waals surface area contributed by atoms with E-state index < -0.39 is 0 Å². The van der Waals surface area contributed by atoms with Crippen molar-refractivity contribution in [3.63, 3.8) is 0 Å². The molecule has 8 nitrogen and oxygen atoms in total. The molecule has 4 N–H and O–H groups in total. The monoisotopic (exact) mass is 486 g/mol. The summed E-state index contributed by atoms with van der Waals surface area (Å²) in [5.41, 5.74) is 4.01. The number of nitrogens with one attached hydrogen (secondary N) is 4. The van der Waals surface area contributed by atoms with Gasteiger partial charge in [-0.05, 0) is 31.0 Å². The van der Waals surface area contributed by atoms with Gasteiger partial charge in [-0.15, -0.1) is 0 Å². The summed E-state index contributed by atoms with van der Waals surface area (Å²) in [5, 5.41) is 10.5. The molecule has 188 valence electrons. The Labute approximate surface area is 211 Å². The lowest BCUT2D eigenvalue weighted by molar-refractivity contribution is -0.118. The molecule has 0 aliphatic heterocycles. The van der Waals surface area contributed by atoms with Gasteiger partial charge in [0.25, 0.3) is 0 Å². The first kappa shape index (κ1) is 25.3. The topological polar surface area (TPSA) is 104 Å². The maximum Gasteiger partial charge on any atom is 0.216 e. The fraction of sp³-hybridized carbons (Fsp3) is 0.321. The summed E-state index contributed by atoms with van der Waals surface area (Å²) in [6.07, 6.45) is 2.18. The first-order valence-corrected chi connectivity index (χ1v) is 12.4. The summed E-state index contributed by atoms with van der Waals surface area (Å²) < 4.78 is 5.88. The van der Waals surface area contributed by atoms with Crippen molar-refractivity contribution in [1.82, 2.24) is 25.6 Å². The Morgan fingerprint density at radius 1 is 0.944 bits per heavy atom. The van der Waals surface area contributed by atoms with Crippen molar-refractivity contribution < 1.29 is 9.53 Å². The van der Waals surface area contributed by atoms with Gasteiger partial charge in [0.2, 0.25) is 5.91 Å². The number of anilines is 1. The van der Waals surface area contributed by atoms with Gasteiger partial charge in [-0.1, -0.05) is 60.7 Å². The molecule has 0 saturated carbocycles. The van der Waals surface area contributed by atoms with Crippen molar-refractivity contribution in [2.24, 2.45) is 0 Å². The number of nitrogens with zero attached hydrogens (tertiary/aromatic N) is 2. The quantitative estimate of drug-likeness (QED) is 0.202. The molecule has 0 radical (unpaired) electrons. The number of hydrogen-bond acceptors (Lipinski definition) is 6. The van der Waals surface area contributed by atoms with E-state index in [9.17, 15) is 4.79 Å². The normalized spacial score (nSPS) is 11.0. The zero-order chi connectivity index (χ0) is 25.0. The van der Waals surface area contributed by atoms with Crippen LogP contribution >= 0.6 is 0 Å². The second-order valence-electron chi connectivity index (χ2n) is 8.62. The fourth-order valence-corrected chi connectivity index (χ4v) is 3.93. The van der Waals surface area contributed by atoms with Gasteiger partial charge in [-0.25, -0.2) is 9.97 Å². The Morgan fingerprint density at radius 2 is 1.72 bits per heavy atom. The number of aromatic nitrogens is 3. The number of amides is 1. The van der Waals surface area contributed by atoms with Crippen LogP contribution < -0.4 is 16.0 Å². The number of aryl methyl sites for hydroxylation is 1. The van der Waals surface area contributed by atoms with E-state index in [1.165, 1.54) is 12.5 Å². The molecule has 0 aliphatic carbocycles. The minimum absolute atomic E-state index is 0.0543. The molecule has 4 rings (SSSR count). The summed E-state index contributed by atoms with van der Waals surface area (Å²) in [4.78, 5) is 24.1. The van der Waals surface area contributed by atoms with Crippen molar-refractivity contribution in [3.8, 4) is 11.4 Å². The maximum absolute atomic E-state index is 11.2. The third-order valence-corrected chi connectivity index (χ3v) is 5.71. The number of H-pyrrole nitrogens is 1. The Bertz CT molecular complexity index is 1230. The molecule has 0 bridgehead atoms. The van der Waals surface area contributed by atoms with Crippen molar-refractivity contribution in [2.45, 2.75) is 26.4 Å². The number of benzene rings is 2. The van der Waals surface area contributed by atoms with Gasteiger partial charge in [0.15, 0.2) is 5.82 Å². The third-order valence-electron chi connectivity index (χ3n) is 5.71. The van der Waals surface area contributed by atoms with E-state index in [1.807, 2.05) is 42.5 Å². The molecule has 36 heavy (non-hydrogen) atoms. The summed E-state index contributed by atoms with van der Waals surface area (Å²) in [5.74, 6) is 1.31. The number of carbonyl (C=O) groups excluding carboxylic acids is 1. The van der Waals surface area contributed by atoms with Crippen LogP contribution in [0.3, 0.4) is 0 Å². The molecule has 2 heterocycles. The van der Waals surface area contributed by atoms with Gasteiger partial charge in [0, 0.05) is 37.8 Å². The molecule has 2 aromatic heterocycles. The van der Waals surface area contributed by atoms with Crippen LogP contribution in [0, 0.1) is 0 Å². The molecule has 0 spiro atoms. The van der Waals surface area contributed by atoms with Crippen molar-refractivity contribution in [2.75, 3.05) is 38.1 Å². The predicted molar refractivity (Wildman–Crippen MR) is 144 cm³/mol. The molecule has 0 unspecified atom stereocenters. The van der Waals surface area contributed by atoms with Crippen LogP contribution in [0.25, 0.3) is 22.4 Å². The lowest BCUT2D eigenvalue weighted by Gasteiger charge is -2.09. The number of carbonyl (C=O) groups is 1. The summed E-state index contributed by atoms with van der Waals surface area (Å²) in [7, 11) is 0. The highest BCUT2D eigenvalue weighted by atomic mass is 16.5. The lowest BCUT2D eigenvalue weighted by atomic mass is 10.1. The molecular weight excluding hydrogens is 452 g/mol. The highest BCUT2D eigenvalue weighted by Crippen LogP contribution is 2.25. The second kappa shape index (κ2) is 13.4. The highest BCUT2D eigenvalue weighted by molar-refractivity contribution is 5.89. The molecule has 8 heteroatoms. The average Bonchev–Trinajstić information content (AvgIpc) is 3.32. The van der Waals surface area contributed by atoms with Crippen molar-refractivity contribution in [1.29, 1.82) is 0 Å². The first-order chi connectivity index (χ1) is 17.7. The van der Waals surface area contributed by atoms with Gasteiger partial charge in [0.1, 0.15) is 11.5 Å². The summed E-state index contributed by atoms with van der Waals surface area (Å²) in [6, 6.07) is 22.5. The zero-order valence-electron chi connectivity index (χ0n) is 20.7. The Morgan fingerprint density at radius 3 is 2.50 bits per heavy atom. The predicted octanol–water partition coefficient (Wildman–Crippen LogP) is 3.91. The maximum atomic E-state index is 11.2. The van der Waals surface area contributed by atoms with E-state index in [0.717, 1.165) is 54.0 Å². The molecule has 0 fully saturated rings.